The maximum absolute atomic E-state index is 12.2. The van der Waals surface area contributed by atoms with Crippen LogP contribution in [0.5, 0.6) is 0 Å². The number of hydrogen-bond acceptors (Lipinski definition) is 4. The van der Waals surface area contributed by atoms with E-state index in [4.69, 9.17) is 16.3 Å². The van der Waals surface area contributed by atoms with E-state index in [1.54, 1.807) is 7.05 Å². The van der Waals surface area contributed by atoms with E-state index in [0.29, 0.717) is 30.7 Å². The summed E-state index contributed by atoms with van der Waals surface area (Å²) >= 11 is 6.01. The molecule has 0 bridgehead atoms. The van der Waals surface area contributed by atoms with Crippen molar-refractivity contribution in [1.82, 2.24) is 19.5 Å². The highest BCUT2D eigenvalue weighted by molar-refractivity contribution is 14.0. The van der Waals surface area contributed by atoms with Crippen LogP contribution >= 0.6 is 35.6 Å². The minimum Gasteiger partial charge on any atom is -0.377 e. The van der Waals surface area contributed by atoms with Gasteiger partial charge in [-0.3, -0.25) is 4.99 Å². The van der Waals surface area contributed by atoms with Crippen molar-refractivity contribution >= 4 is 51.6 Å². The van der Waals surface area contributed by atoms with Gasteiger partial charge in [0.15, 0.2) is 5.96 Å². The Balaban J connectivity index is 0.00000392. The lowest BCUT2D eigenvalue weighted by Crippen LogP contribution is -2.43. The average molecular weight is 548 g/mol. The van der Waals surface area contributed by atoms with Gasteiger partial charge in [-0.2, -0.15) is 0 Å². The highest BCUT2D eigenvalue weighted by Gasteiger charge is 2.18. The number of sulfonamides is 1. The number of aromatic nitrogens is 1. The summed E-state index contributed by atoms with van der Waals surface area (Å²) in [5.41, 5.74) is 1.03. The topological polar surface area (TPSA) is 88.0 Å². The van der Waals surface area contributed by atoms with Gasteiger partial charge < -0.3 is 19.5 Å². The van der Waals surface area contributed by atoms with Crippen LogP contribution in [0.1, 0.15) is 25.0 Å². The van der Waals surface area contributed by atoms with Crippen molar-refractivity contribution < 1.29 is 13.2 Å². The molecule has 0 saturated carbocycles. The Morgan fingerprint density at radius 3 is 2.79 bits per heavy atom. The summed E-state index contributed by atoms with van der Waals surface area (Å²) in [6.07, 6.45) is 4.87. The first-order valence-corrected chi connectivity index (χ1v) is 11.1. The highest BCUT2D eigenvalue weighted by atomic mass is 127. The van der Waals surface area contributed by atoms with Crippen LogP contribution in [0.3, 0.4) is 0 Å². The maximum atomic E-state index is 12.2. The second-order valence-corrected chi connectivity index (χ2v) is 9.11. The number of aliphatic imine (C=N–C) groups is 1. The van der Waals surface area contributed by atoms with Crippen molar-refractivity contribution in [3.05, 3.63) is 23.0 Å². The molecule has 2 heterocycles. The lowest BCUT2D eigenvalue weighted by atomic mass is 10.1. The van der Waals surface area contributed by atoms with Crippen molar-refractivity contribution in [3.63, 3.8) is 0 Å². The zero-order valence-electron chi connectivity index (χ0n) is 16.6. The van der Waals surface area contributed by atoms with Gasteiger partial charge in [-0.15, -0.1) is 24.0 Å². The molecule has 1 aromatic heterocycles. The van der Waals surface area contributed by atoms with Crippen LogP contribution in [0.25, 0.3) is 0 Å². The average Bonchev–Trinajstić information content (AvgIpc) is 2.95. The van der Waals surface area contributed by atoms with Gasteiger partial charge in [0.2, 0.25) is 10.0 Å². The number of nitrogens with one attached hydrogen (secondary N) is 2. The molecule has 11 heteroatoms. The van der Waals surface area contributed by atoms with E-state index in [0.717, 1.165) is 25.0 Å². The third kappa shape index (κ3) is 8.44. The molecule has 2 rings (SSSR count). The molecule has 1 aliphatic rings. The summed E-state index contributed by atoms with van der Waals surface area (Å²) in [6, 6.07) is 1.90. The molecule has 162 valence electrons. The van der Waals surface area contributed by atoms with E-state index in [1.807, 2.05) is 35.8 Å². The standard InChI is InChI=1S/C17H30ClN5O3S.HI/c1-19-17(23(3)13-15-10-14(18)12-22(15)2)20-7-9-27(24,25)21-11-16-6-4-5-8-26-16;/h10,12,16,21H,4-9,11,13H2,1-3H3,(H,19,20);1H. The predicted octanol–water partition coefficient (Wildman–Crippen LogP) is 1.79. The molecular weight excluding hydrogens is 517 g/mol. The second kappa shape index (κ2) is 12.2. The molecule has 8 nitrogen and oxygen atoms in total. The third-order valence-electron chi connectivity index (χ3n) is 4.51. The van der Waals surface area contributed by atoms with Gasteiger partial charge in [-0.05, 0) is 25.3 Å². The molecule has 1 aliphatic heterocycles. The van der Waals surface area contributed by atoms with Gasteiger partial charge in [-0.1, -0.05) is 11.6 Å². The fourth-order valence-corrected chi connectivity index (χ4v) is 4.21. The van der Waals surface area contributed by atoms with Crippen LogP contribution in [0, 0.1) is 0 Å². The number of halogens is 2. The van der Waals surface area contributed by atoms with Crippen LogP contribution in [-0.4, -0.2) is 69.5 Å². The predicted molar refractivity (Wildman–Crippen MR) is 124 cm³/mol. The number of aryl methyl sites for hydroxylation is 1. The first-order chi connectivity index (χ1) is 12.8. The number of hydrogen-bond donors (Lipinski definition) is 2. The monoisotopic (exact) mass is 547 g/mol. The maximum Gasteiger partial charge on any atom is 0.213 e. The van der Waals surface area contributed by atoms with Gasteiger partial charge in [0.05, 0.1) is 23.4 Å². The van der Waals surface area contributed by atoms with Crippen molar-refractivity contribution in [2.75, 3.05) is 39.5 Å². The summed E-state index contributed by atoms with van der Waals surface area (Å²) in [4.78, 5) is 6.13. The highest BCUT2D eigenvalue weighted by Crippen LogP contribution is 2.14. The van der Waals surface area contributed by atoms with Crippen LogP contribution in [0.4, 0.5) is 0 Å². The van der Waals surface area contributed by atoms with Crippen LogP contribution in [0.2, 0.25) is 5.02 Å². The molecular formula is C17H31ClIN5O3S. The Morgan fingerprint density at radius 1 is 1.46 bits per heavy atom. The van der Waals surface area contributed by atoms with Gasteiger partial charge in [0.25, 0.3) is 0 Å². The Kier molecular flexibility index (Phi) is 11.1. The minimum atomic E-state index is -3.36. The summed E-state index contributed by atoms with van der Waals surface area (Å²) in [6.45, 7) is 1.92. The number of guanidine groups is 1. The first kappa shape index (κ1) is 25.5. The molecule has 0 aromatic carbocycles. The summed E-state index contributed by atoms with van der Waals surface area (Å²) in [5.74, 6) is 0.598. The second-order valence-electron chi connectivity index (χ2n) is 6.75. The smallest absolute Gasteiger partial charge is 0.213 e. The first-order valence-electron chi connectivity index (χ1n) is 9.12. The van der Waals surface area contributed by atoms with E-state index in [1.165, 1.54) is 0 Å². The van der Waals surface area contributed by atoms with E-state index in [-0.39, 0.29) is 42.4 Å². The summed E-state index contributed by atoms with van der Waals surface area (Å²) < 4.78 is 34.5. The SMILES string of the molecule is CN=C(NCCS(=O)(=O)NCC1CCCCO1)N(C)Cc1cc(Cl)cn1C.I. The zero-order chi connectivity index (χ0) is 19.9. The van der Waals surface area contributed by atoms with Crippen molar-refractivity contribution in [3.8, 4) is 0 Å². The third-order valence-corrected chi connectivity index (χ3v) is 6.06. The van der Waals surface area contributed by atoms with E-state index >= 15 is 0 Å². The molecule has 1 fully saturated rings. The van der Waals surface area contributed by atoms with Gasteiger partial charge in [0, 0.05) is 52.7 Å². The van der Waals surface area contributed by atoms with Crippen molar-refractivity contribution in [2.24, 2.45) is 12.0 Å². The quantitative estimate of drug-likeness (QED) is 0.294. The van der Waals surface area contributed by atoms with Crippen LogP contribution in [-0.2, 0) is 28.4 Å². The van der Waals surface area contributed by atoms with Gasteiger partial charge >= 0.3 is 0 Å². The fourth-order valence-electron chi connectivity index (χ4n) is 2.98. The fraction of sp³-hybridized carbons (Fsp3) is 0.706. The molecule has 1 unspecified atom stereocenters. The van der Waals surface area contributed by atoms with Crippen LogP contribution in [0.15, 0.2) is 17.3 Å². The lowest BCUT2D eigenvalue weighted by Gasteiger charge is -2.23. The van der Waals surface area contributed by atoms with Gasteiger partial charge in [0.1, 0.15) is 0 Å². The number of rotatable bonds is 8. The molecule has 0 aliphatic carbocycles. The van der Waals surface area contributed by atoms with Crippen molar-refractivity contribution in [2.45, 2.75) is 31.9 Å². The molecule has 0 amide bonds. The van der Waals surface area contributed by atoms with E-state index in [2.05, 4.69) is 15.0 Å². The minimum absolute atomic E-state index is 0. The summed E-state index contributed by atoms with van der Waals surface area (Å²) in [5, 5.41) is 3.78. The molecule has 2 N–H and O–H groups in total. The number of nitrogens with zero attached hydrogens (tertiary/aromatic N) is 3. The Labute approximate surface area is 190 Å². The molecule has 0 radical (unpaired) electrons. The molecule has 28 heavy (non-hydrogen) atoms. The van der Waals surface area contributed by atoms with E-state index in [9.17, 15) is 8.42 Å². The normalized spacial score (nSPS) is 17.9. The zero-order valence-corrected chi connectivity index (χ0v) is 20.6. The van der Waals surface area contributed by atoms with Crippen LogP contribution < -0.4 is 10.0 Å². The molecule has 1 atom stereocenters. The van der Waals surface area contributed by atoms with Gasteiger partial charge in [-0.25, -0.2) is 13.1 Å². The van der Waals surface area contributed by atoms with E-state index < -0.39 is 10.0 Å². The van der Waals surface area contributed by atoms with Crippen molar-refractivity contribution in [1.29, 1.82) is 0 Å². The Morgan fingerprint density at radius 2 is 2.21 bits per heavy atom. The molecule has 1 saturated heterocycles. The Hall–Kier alpha value is -0.560. The largest absolute Gasteiger partial charge is 0.377 e. The Bertz CT molecular complexity index is 735. The molecule has 0 spiro atoms. The summed E-state index contributed by atoms with van der Waals surface area (Å²) in [7, 11) is 2.13. The molecule has 1 aromatic rings. The lowest BCUT2D eigenvalue weighted by molar-refractivity contribution is 0.0200. The number of ether oxygens (including phenoxy) is 1.